The van der Waals surface area contributed by atoms with Crippen LogP contribution in [0.3, 0.4) is 0 Å². The van der Waals surface area contributed by atoms with E-state index < -0.39 is 43.1 Å². The van der Waals surface area contributed by atoms with Gasteiger partial charge in [-0.1, -0.05) is 12.2 Å². The molecule has 0 amide bonds. The molecule has 14 heteroatoms. The van der Waals surface area contributed by atoms with Gasteiger partial charge in [0.1, 0.15) is 0 Å². The zero-order chi connectivity index (χ0) is 17.4. The zero-order valence-corrected chi connectivity index (χ0v) is 12.1. The van der Waals surface area contributed by atoms with Crippen LogP contribution in [0.2, 0.25) is 0 Å². The van der Waals surface area contributed by atoms with Gasteiger partial charge in [0.15, 0.2) is 0 Å². The quantitative estimate of drug-likeness (QED) is 0.565. The van der Waals surface area contributed by atoms with Gasteiger partial charge in [-0.25, -0.2) is 26.3 Å². The van der Waals surface area contributed by atoms with Crippen LogP contribution in [0.25, 0.3) is 0 Å². The van der Waals surface area contributed by atoms with E-state index in [-0.39, 0.29) is 12.8 Å². The Kier molecular flexibility index (Phi) is 5.21. The maximum absolute atomic E-state index is 12.1. The van der Waals surface area contributed by atoms with Gasteiger partial charge < -0.3 is 0 Å². The minimum absolute atomic E-state index is 0.309. The van der Waals surface area contributed by atoms with E-state index in [0.29, 0.717) is 0 Å². The molecule has 6 nitrogen and oxygen atoms in total. The van der Waals surface area contributed by atoms with Gasteiger partial charge in [0, 0.05) is 12.1 Å². The largest absolute Gasteiger partial charge is 0.511 e. The molecule has 0 heterocycles. The molecule has 0 bridgehead atoms. The van der Waals surface area contributed by atoms with Crippen LogP contribution in [0.4, 0.5) is 26.3 Å². The van der Waals surface area contributed by atoms with Crippen molar-refractivity contribution in [3.8, 4) is 0 Å². The third-order valence-corrected chi connectivity index (χ3v) is 5.03. The number of halogens is 6. The summed E-state index contributed by atoms with van der Waals surface area (Å²) in [5, 5.41) is 0. The first-order valence-electron chi connectivity index (χ1n) is 5.51. The van der Waals surface area contributed by atoms with Crippen LogP contribution in [-0.2, 0) is 20.0 Å². The van der Waals surface area contributed by atoms with E-state index in [4.69, 9.17) is 0 Å². The number of rotatable bonds is 4. The van der Waals surface area contributed by atoms with Crippen LogP contribution in [-0.4, -0.2) is 39.9 Å². The van der Waals surface area contributed by atoms with Gasteiger partial charge in [0.05, 0.1) is 0 Å². The van der Waals surface area contributed by atoms with E-state index in [2.05, 4.69) is 0 Å². The van der Waals surface area contributed by atoms with Gasteiger partial charge in [0.25, 0.3) is 0 Å². The molecule has 0 radical (unpaired) electrons. The van der Waals surface area contributed by atoms with E-state index in [1.165, 1.54) is 9.44 Å². The van der Waals surface area contributed by atoms with Gasteiger partial charge in [-0.2, -0.15) is 26.3 Å². The monoisotopic (exact) mass is 376 g/mol. The highest BCUT2D eigenvalue weighted by Gasteiger charge is 2.48. The Morgan fingerprint density at radius 3 is 1.18 bits per heavy atom. The maximum atomic E-state index is 12.1. The molecule has 0 aromatic heterocycles. The lowest BCUT2D eigenvalue weighted by atomic mass is 10.0. The fourth-order valence-corrected chi connectivity index (χ4v) is 3.01. The van der Waals surface area contributed by atoms with Crippen molar-refractivity contribution < 1.29 is 43.2 Å². The molecule has 2 N–H and O–H groups in total. The second-order valence-electron chi connectivity index (χ2n) is 4.31. The molecule has 1 rings (SSSR count). The predicted molar refractivity (Wildman–Crippen MR) is 62.2 cm³/mol. The van der Waals surface area contributed by atoms with Crippen molar-refractivity contribution in [2.75, 3.05) is 0 Å². The summed E-state index contributed by atoms with van der Waals surface area (Å²) in [5.74, 6) is 0. The first-order valence-corrected chi connectivity index (χ1v) is 8.48. The van der Waals surface area contributed by atoms with Crippen molar-refractivity contribution in [3.05, 3.63) is 12.2 Å². The van der Waals surface area contributed by atoms with Gasteiger partial charge in [-0.05, 0) is 12.8 Å². The summed E-state index contributed by atoms with van der Waals surface area (Å²) in [7, 11) is -11.2. The van der Waals surface area contributed by atoms with Crippen molar-refractivity contribution >= 4 is 20.0 Å². The number of hydrogen-bond donors (Lipinski definition) is 2. The Balaban J connectivity index is 2.72. The van der Waals surface area contributed by atoms with Gasteiger partial charge in [-0.3, -0.25) is 0 Å². The van der Waals surface area contributed by atoms with Crippen molar-refractivity contribution in [3.63, 3.8) is 0 Å². The van der Waals surface area contributed by atoms with E-state index in [9.17, 15) is 43.2 Å². The molecule has 0 fully saturated rings. The second-order valence-corrected chi connectivity index (χ2v) is 7.72. The summed E-state index contributed by atoms with van der Waals surface area (Å²) in [6, 6.07) is -2.59. The molecule has 0 aromatic carbocycles. The SMILES string of the molecule is O=S(=O)(NC1C=CC(NS(=O)(=O)C(F)(F)F)CC1)C(F)(F)F. The van der Waals surface area contributed by atoms with E-state index in [1.807, 2.05) is 0 Å². The third-order valence-electron chi connectivity index (χ3n) is 2.59. The normalized spacial score (nSPS) is 24.5. The van der Waals surface area contributed by atoms with Crippen molar-refractivity contribution in [2.45, 2.75) is 35.9 Å². The molecule has 0 saturated carbocycles. The Labute approximate surface area is 121 Å². The Bertz CT molecular complexity index is 581. The first-order chi connectivity index (χ1) is 9.66. The molecular formula is C8H10F6N2O4S2. The summed E-state index contributed by atoms with van der Waals surface area (Å²) in [4.78, 5) is 0. The predicted octanol–water partition coefficient (Wildman–Crippen LogP) is 0.952. The summed E-state index contributed by atoms with van der Waals surface area (Å²) in [5.41, 5.74) is -11.0. The molecule has 0 saturated heterocycles. The average Bonchev–Trinajstić information content (AvgIpc) is 2.28. The van der Waals surface area contributed by atoms with Gasteiger partial charge in [-0.15, -0.1) is 0 Å². The summed E-state index contributed by atoms with van der Waals surface area (Å²) >= 11 is 0. The number of alkyl halides is 6. The smallest absolute Gasteiger partial charge is 0.203 e. The molecule has 1 aliphatic carbocycles. The third kappa shape index (κ3) is 4.57. The molecule has 0 spiro atoms. The number of sulfonamides is 2. The van der Waals surface area contributed by atoms with Gasteiger partial charge >= 0.3 is 31.1 Å². The first kappa shape index (κ1) is 19.2. The van der Waals surface area contributed by atoms with Crippen molar-refractivity contribution in [2.24, 2.45) is 0 Å². The van der Waals surface area contributed by atoms with Crippen molar-refractivity contribution in [1.82, 2.24) is 9.44 Å². The highest BCUT2D eigenvalue weighted by Crippen LogP contribution is 2.25. The van der Waals surface area contributed by atoms with E-state index >= 15 is 0 Å². The molecule has 130 valence electrons. The highest BCUT2D eigenvalue weighted by molar-refractivity contribution is 7.90. The van der Waals surface area contributed by atoms with E-state index in [0.717, 1.165) is 12.2 Å². The minimum atomic E-state index is -5.59. The maximum Gasteiger partial charge on any atom is 0.511 e. The second kappa shape index (κ2) is 5.98. The summed E-state index contributed by atoms with van der Waals surface area (Å²) < 4.78 is 119. The molecular weight excluding hydrogens is 366 g/mol. The lowest BCUT2D eigenvalue weighted by molar-refractivity contribution is -0.0457. The van der Waals surface area contributed by atoms with Crippen molar-refractivity contribution in [1.29, 1.82) is 0 Å². The highest BCUT2D eigenvalue weighted by atomic mass is 32.2. The van der Waals surface area contributed by atoms with Crippen LogP contribution in [0.5, 0.6) is 0 Å². The topological polar surface area (TPSA) is 92.3 Å². The summed E-state index contributed by atoms with van der Waals surface area (Å²) in [6.07, 6.45) is 1.10. The molecule has 2 unspecified atom stereocenters. The fourth-order valence-electron chi connectivity index (χ4n) is 1.55. The van der Waals surface area contributed by atoms with Crippen LogP contribution in [0.1, 0.15) is 12.8 Å². The molecule has 22 heavy (non-hydrogen) atoms. The standard InChI is InChI=1S/C8H10F6N2O4S2/c9-7(10,11)21(17,18)15-5-1-2-6(4-3-5)16-22(19,20)8(12,13)14/h1-2,5-6,15-16H,3-4H2. The summed E-state index contributed by atoms with van der Waals surface area (Å²) in [6.45, 7) is 0. The number of nitrogens with one attached hydrogen (secondary N) is 2. The molecule has 1 aliphatic rings. The zero-order valence-electron chi connectivity index (χ0n) is 10.4. The molecule has 2 atom stereocenters. The van der Waals surface area contributed by atoms with E-state index in [1.54, 1.807) is 0 Å². The Hall–Kier alpha value is -0.860. The Morgan fingerprint density at radius 1 is 0.727 bits per heavy atom. The van der Waals surface area contributed by atoms with Crippen LogP contribution < -0.4 is 9.44 Å². The fraction of sp³-hybridized carbons (Fsp3) is 0.750. The molecule has 0 aromatic rings. The van der Waals surface area contributed by atoms with Gasteiger partial charge in [0.2, 0.25) is 0 Å². The van der Waals surface area contributed by atoms with Crippen LogP contribution in [0.15, 0.2) is 12.2 Å². The Morgan fingerprint density at radius 2 is 1.00 bits per heavy atom. The lowest BCUT2D eigenvalue weighted by Crippen LogP contribution is -2.46. The minimum Gasteiger partial charge on any atom is -0.203 e. The average molecular weight is 376 g/mol. The van der Waals surface area contributed by atoms with Crippen LogP contribution in [0, 0.1) is 0 Å². The lowest BCUT2D eigenvalue weighted by Gasteiger charge is -2.24. The molecule has 0 aliphatic heterocycles. The van der Waals surface area contributed by atoms with Crippen LogP contribution >= 0.6 is 0 Å². The number of hydrogen-bond acceptors (Lipinski definition) is 4.